The zero-order valence-corrected chi connectivity index (χ0v) is 6.41. The summed E-state index contributed by atoms with van der Waals surface area (Å²) in [5, 5.41) is 0. The van der Waals surface area contributed by atoms with Gasteiger partial charge in [-0.1, -0.05) is 12.4 Å². The van der Waals surface area contributed by atoms with E-state index in [0.717, 1.165) is 18.2 Å². The van der Waals surface area contributed by atoms with Gasteiger partial charge in [0.25, 0.3) is 0 Å². The topological polar surface area (TPSA) is 0 Å². The zero-order valence-electron chi connectivity index (χ0n) is 6.41. The highest BCUT2D eigenvalue weighted by Gasteiger charge is 2.26. The first-order valence-corrected chi connectivity index (χ1v) is 3.54. The lowest BCUT2D eigenvalue weighted by molar-refractivity contribution is 0.458. The van der Waals surface area contributed by atoms with Gasteiger partial charge >= 0.3 is 6.98 Å². The van der Waals surface area contributed by atoms with Gasteiger partial charge in [0.2, 0.25) is 0 Å². The van der Waals surface area contributed by atoms with Crippen LogP contribution < -0.4 is 0 Å². The van der Waals surface area contributed by atoms with Crippen LogP contribution in [0.2, 0.25) is 0 Å². The van der Waals surface area contributed by atoms with Gasteiger partial charge < -0.3 is 12.9 Å². The molecule has 0 aromatic heterocycles. The minimum Gasteiger partial charge on any atom is -0.449 e. The molecule has 0 radical (unpaired) electrons. The first-order valence-electron chi connectivity index (χ1n) is 3.54. The van der Waals surface area contributed by atoms with E-state index in [4.69, 9.17) is 0 Å². The Labute approximate surface area is 71.4 Å². The van der Waals surface area contributed by atoms with E-state index in [2.05, 4.69) is 0 Å². The predicted molar refractivity (Wildman–Crippen MR) is 39.1 cm³/mol. The molecular weight excluding hydrogens is 190 g/mol. The molecule has 0 nitrogen and oxygen atoms in total. The Morgan fingerprint density at radius 1 is 1.00 bits per heavy atom. The van der Waals surface area contributed by atoms with Crippen molar-refractivity contribution < 1.29 is 21.7 Å². The number of halogens is 5. The first kappa shape index (κ1) is 10.0. The van der Waals surface area contributed by atoms with Crippen molar-refractivity contribution in [1.82, 2.24) is 0 Å². The van der Waals surface area contributed by atoms with Crippen LogP contribution in [0, 0.1) is 11.6 Å². The van der Waals surface area contributed by atoms with Gasteiger partial charge in [-0.15, -0.1) is 0 Å². The summed E-state index contributed by atoms with van der Waals surface area (Å²) in [6.45, 7) is -5.20. The van der Waals surface area contributed by atoms with Crippen molar-refractivity contribution in [3.8, 4) is 0 Å². The molecule has 0 N–H and O–H groups in total. The van der Waals surface area contributed by atoms with E-state index in [1.165, 1.54) is 0 Å². The maximum atomic E-state index is 12.7. The summed E-state index contributed by atoms with van der Waals surface area (Å²) >= 11 is 0. The molecule has 1 aromatic carbocycles. The highest BCUT2D eigenvalue weighted by atomic mass is 19.4. The van der Waals surface area contributed by atoms with Crippen LogP contribution in [0.25, 0.3) is 0 Å². The molecule has 0 bridgehead atoms. The molecule has 1 rings (SSSR count). The molecule has 0 aliphatic carbocycles. The van der Waals surface area contributed by atoms with E-state index in [-0.39, 0.29) is 0 Å². The van der Waals surface area contributed by atoms with Crippen LogP contribution in [0.4, 0.5) is 21.7 Å². The highest BCUT2D eigenvalue weighted by Crippen LogP contribution is 2.20. The van der Waals surface area contributed by atoms with Crippen LogP contribution >= 0.6 is 0 Å². The normalized spacial score (nSPS) is 11.8. The Bertz CT molecular complexity index is 286. The Kier molecular flexibility index (Phi) is 2.59. The molecule has 0 atom stereocenters. The van der Waals surface area contributed by atoms with Gasteiger partial charge in [-0.3, -0.25) is 0 Å². The minimum atomic E-state index is -5.20. The lowest BCUT2D eigenvalue weighted by Gasteiger charge is -2.14. The maximum Gasteiger partial charge on any atom is 0.482 e. The van der Waals surface area contributed by atoms with Crippen LogP contribution in [0.5, 0.6) is 0 Å². The Hall–Kier alpha value is -1.07. The van der Waals surface area contributed by atoms with E-state index in [1.54, 1.807) is 0 Å². The van der Waals surface area contributed by atoms with Crippen molar-refractivity contribution in [3.63, 3.8) is 0 Å². The van der Waals surface area contributed by atoms with Crippen molar-refractivity contribution in [2.75, 3.05) is 0 Å². The lowest BCUT2D eigenvalue weighted by Crippen LogP contribution is -2.21. The van der Waals surface area contributed by atoms with Gasteiger partial charge in [0.1, 0.15) is 11.6 Å². The van der Waals surface area contributed by atoms with Gasteiger partial charge in [0.05, 0.1) is 0 Å². The summed E-state index contributed by atoms with van der Waals surface area (Å²) in [4.78, 5) is 0. The monoisotopic (exact) mass is 195 g/mol. The largest absolute Gasteiger partial charge is 0.482 e. The Morgan fingerprint density at radius 3 is 1.85 bits per heavy atom. The second kappa shape index (κ2) is 3.36. The fraction of sp³-hybridized carbons (Fsp3) is 0.143. The fourth-order valence-electron chi connectivity index (χ4n) is 0.959. The molecule has 0 amide bonds. The molecule has 72 valence electrons. The van der Waals surface area contributed by atoms with Crippen molar-refractivity contribution in [2.45, 2.75) is 6.32 Å². The van der Waals surface area contributed by atoms with Crippen molar-refractivity contribution in [1.29, 1.82) is 0 Å². The lowest BCUT2D eigenvalue weighted by atomic mass is 9.81. The maximum absolute atomic E-state index is 12.7. The average molecular weight is 195 g/mol. The van der Waals surface area contributed by atoms with Crippen LogP contribution in [0.15, 0.2) is 18.2 Å². The van der Waals surface area contributed by atoms with E-state index in [9.17, 15) is 21.7 Å². The molecule has 6 heteroatoms. The molecule has 0 saturated carbocycles. The molecule has 0 spiro atoms. The van der Waals surface area contributed by atoms with Crippen LogP contribution in [-0.4, -0.2) is 6.98 Å². The molecule has 1 aromatic rings. The molecule has 0 aliphatic rings. The highest BCUT2D eigenvalue weighted by molar-refractivity contribution is 6.57. The molecule has 0 aliphatic heterocycles. The Balaban J connectivity index is 3.00. The second-order valence-electron chi connectivity index (χ2n) is 2.61. The molecular formula is C7H5BF5-. The molecule has 0 unspecified atom stereocenters. The van der Waals surface area contributed by atoms with Crippen molar-refractivity contribution in [3.05, 3.63) is 35.4 Å². The fourth-order valence-corrected chi connectivity index (χ4v) is 0.959. The van der Waals surface area contributed by atoms with Gasteiger partial charge in [0, 0.05) is 0 Å². The van der Waals surface area contributed by atoms with Gasteiger partial charge in [-0.25, -0.2) is 8.78 Å². The van der Waals surface area contributed by atoms with Crippen LogP contribution in [0.1, 0.15) is 5.56 Å². The number of hydrogen-bond donors (Lipinski definition) is 0. The zero-order chi connectivity index (χ0) is 10.1. The smallest absolute Gasteiger partial charge is 0.449 e. The van der Waals surface area contributed by atoms with Gasteiger partial charge in [-0.05, 0) is 17.7 Å². The summed E-state index contributed by atoms with van der Waals surface area (Å²) in [5.74, 6) is -2.31. The SMILES string of the molecule is Fc1cccc(F)c1C[B-](F)(F)F. The van der Waals surface area contributed by atoms with E-state index >= 15 is 0 Å². The van der Waals surface area contributed by atoms with E-state index < -0.39 is 30.5 Å². The van der Waals surface area contributed by atoms with Gasteiger partial charge in [0.15, 0.2) is 0 Å². The summed E-state index contributed by atoms with van der Waals surface area (Å²) in [6.07, 6.45) is -1.52. The van der Waals surface area contributed by atoms with Crippen molar-refractivity contribution >= 4 is 6.98 Å². The molecule has 0 saturated heterocycles. The summed E-state index contributed by atoms with van der Waals surface area (Å²) in [7, 11) is 0. The molecule has 13 heavy (non-hydrogen) atoms. The minimum absolute atomic E-state index is 0.806. The third-order valence-electron chi connectivity index (χ3n) is 1.50. The third-order valence-corrected chi connectivity index (χ3v) is 1.50. The summed E-state index contributed by atoms with van der Waals surface area (Å²) in [6, 6.07) is 2.64. The van der Waals surface area contributed by atoms with Gasteiger partial charge in [-0.2, -0.15) is 0 Å². The molecule has 0 fully saturated rings. The third kappa shape index (κ3) is 2.71. The standard InChI is InChI=1S/C7H5BF5/c9-6-2-1-3-7(10)5(6)4-8(11,12)13/h1-3H,4H2/q-1. The average Bonchev–Trinajstić information content (AvgIpc) is 1.95. The quantitative estimate of drug-likeness (QED) is 0.502. The van der Waals surface area contributed by atoms with Crippen LogP contribution in [0.3, 0.4) is 0 Å². The van der Waals surface area contributed by atoms with E-state index in [1.807, 2.05) is 0 Å². The Morgan fingerprint density at radius 2 is 1.46 bits per heavy atom. The molecule has 0 heterocycles. The first-order chi connectivity index (χ1) is 5.90. The number of benzene rings is 1. The summed E-state index contributed by atoms with van der Waals surface area (Å²) in [5.41, 5.74) is -0.907. The van der Waals surface area contributed by atoms with Crippen LogP contribution in [-0.2, 0) is 6.32 Å². The predicted octanol–water partition coefficient (Wildman–Crippen LogP) is 2.89. The number of rotatable bonds is 2. The second-order valence-corrected chi connectivity index (χ2v) is 2.61. The van der Waals surface area contributed by atoms with E-state index in [0.29, 0.717) is 0 Å². The summed E-state index contributed by atoms with van der Waals surface area (Å²) < 4.78 is 60.8. The number of hydrogen-bond acceptors (Lipinski definition) is 0. The van der Waals surface area contributed by atoms with Crippen molar-refractivity contribution in [2.24, 2.45) is 0 Å².